The van der Waals surface area contributed by atoms with Crippen LogP contribution in [0.1, 0.15) is 0 Å². The van der Waals surface area contributed by atoms with Gasteiger partial charge in [-0.05, 0) is 18.2 Å². The lowest BCUT2D eigenvalue weighted by atomic mass is 10.4. The van der Waals surface area contributed by atoms with Crippen LogP contribution in [0.2, 0.25) is 0 Å². The van der Waals surface area contributed by atoms with E-state index in [1.54, 1.807) is 0 Å². The third-order valence-electron chi connectivity index (χ3n) is 0.960. The average Bonchev–Trinajstić information content (AvgIpc) is 1.88. The van der Waals surface area contributed by atoms with Gasteiger partial charge in [0.05, 0.1) is 4.90 Å². The van der Waals surface area contributed by atoms with E-state index in [0.717, 1.165) is 6.07 Å². The van der Waals surface area contributed by atoms with Gasteiger partial charge in [-0.15, -0.1) is 3.89 Å². The maximum atomic E-state index is 12.1. The summed E-state index contributed by atoms with van der Waals surface area (Å²) in [4.78, 5) is -0.352. The second-order valence-electron chi connectivity index (χ2n) is 1.68. The molecule has 2 nitrogen and oxygen atoms in total. The van der Waals surface area contributed by atoms with Crippen molar-refractivity contribution in [3.8, 4) is 0 Å². The molecule has 0 spiro atoms. The molecule has 0 heterocycles. The van der Waals surface area contributed by atoms with Gasteiger partial charge >= 0.3 is 10.2 Å². The van der Waals surface area contributed by atoms with Crippen LogP contribution in [-0.2, 0) is 10.2 Å². The highest BCUT2D eigenvalue weighted by Crippen LogP contribution is 2.09. The van der Waals surface area contributed by atoms with Crippen LogP contribution in [0, 0.1) is 6.07 Å². The highest BCUT2D eigenvalue weighted by Gasteiger charge is 2.08. The summed E-state index contributed by atoms with van der Waals surface area (Å²) in [7, 11) is -4.53. The van der Waals surface area contributed by atoms with E-state index in [9.17, 15) is 12.3 Å². The van der Waals surface area contributed by atoms with Crippen molar-refractivity contribution in [2.75, 3.05) is 0 Å². The van der Waals surface area contributed by atoms with Gasteiger partial charge in [0.15, 0.2) is 0 Å². The Kier molecular flexibility index (Phi) is 1.72. The Morgan fingerprint density at radius 3 is 2.50 bits per heavy atom. The van der Waals surface area contributed by atoms with Gasteiger partial charge in [0.1, 0.15) is 0 Å². The molecule has 0 amide bonds. The van der Waals surface area contributed by atoms with E-state index in [0.29, 0.717) is 0 Å². The standard InChI is InChI=1S/C6H4FO2S/c7-10(8,9)6-4-2-1-3-5-6/h1-2,4-5H. The average molecular weight is 159 g/mol. The first kappa shape index (κ1) is 7.21. The molecular formula is C6H4FO2S. The molecule has 1 aromatic rings. The molecule has 0 N–H and O–H groups in total. The topological polar surface area (TPSA) is 34.1 Å². The second-order valence-corrected chi connectivity index (χ2v) is 3.02. The number of benzene rings is 1. The first-order valence-electron chi connectivity index (χ1n) is 2.51. The molecule has 0 aromatic heterocycles. The van der Waals surface area contributed by atoms with E-state index in [1.165, 1.54) is 18.2 Å². The fourth-order valence-electron chi connectivity index (χ4n) is 0.529. The molecule has 0 aliphatic heterocycles. The Morgan fingerprint density at radius 1 is 1.50 bits per heavy atom. The van der Waals surface area contributed by atoms with Crippen LogP contribution in [0.4, 0.5) is 3.89 Å². The molecule has 53 valence electrons. The maximum absolute atomic E-state index is 12.1. The molecule has 1 aromatic carbocycles. The minimum Gasteiger partial charge on any atom is -0.189 e. The Morgan fingerprint density at radius 2 is 2.20 bits per heavy atom. The fourth-order valence-corrected chi connectivity index (χ4v) is 0.978. The summed E-state index contributed by atoms with van der Waals surface area (Å²) in [5, 5.41) is 0. The molecule has 0 saturated heterocycles. The normalized spacial score (nSPS) is 11.3. The van der Waals surface area contributed by atoms with Crippen molar-refractivity contribution >= 4 is 10.2 Å². The number of halogens is 1. The summed E-state index contributed by atoms with van der Waals surface area (Å²) in [5.41, 5.74) is 0. The van der Waals surface area contributed by atoms with Gasteiger partial charge in [0, 0.05) is 0 Å². The number of rotatable bonds is 1. The van der Waals surface area contributed by atoms with Crippen LogP contribution >= 0.6 is 0 Å². The van der Waals surface area contributed by atoms with Crippen LogP contribution in [0.15, 0.2) is 29.2 Å². The summed E-state index contributed by atoms with van der Waals surface area (Å²) in [6.45, 7) is 0. The summed E-state index contributed by atoms with van der Waals surface area (Å²) in [6.07, 6.45) is 0. The molecule has 10 heavy (non-hydrogen) atoms. The van der Waals surface area contributed by atoms with E-state index in [1.807, 2.05) is 0 Å². The number of hydrogen-bond donors (Lipinski definition) is 0. The van der Waals surface area contributed by atoms with Gasteiger partial charge in [-0.1, -0.05) is 12.1 Å². The Balaban J connectivity index is 3.22. The maximum Gasteiger partial charge on any atom is 0.332 e. The van der Waals surface area contributed by atoms with Gasteiger partial charge in [0.2, 0.25) is 0 Å². The van der Waals surface area contributed by atoms with Crippen molar-refractivity contribution in [2.45, 2.75) is 4.90 Å². The second kappa shape index (κ2) is 2.38. The third-order valence-corrected chi connectivity index (χ3v) is 1.78. The third kappa shape index (κ3) is 1.54. The van der Waals surface area contributed by atoms with Crippen molar-refractivity contribution in [2.24, 2.45) is 0 Å². The molecule has 0 fully saturated rings. The first-order valence-corrected chi connectivity index (χ1v) is 3.90. The summed E-state index contributed by atoms with van der Waals surface area (Å²) in [6, 6.07) is 7.60. The SMILES string of the molecule is O=S(=O)(F)c1c[c]ccc1. The van der Waals surface area contributed by atoms with Crippen molar-refractivity contribution in [3.63, 3.8) is 0 Å². The van der Waals surface area contributed by atoms with Gasteiger partial charge in [-0.2, -0.15) is 8.42 Å². The van der Waals surface area contributed by atoms with Crippen LogP contribution in [0.25, 0.3) is 0 Å². The molecule has 0 atom stereocenters. The molecule has 0 aliphatic rings. The monoisotopic (exact) mass is 159 g/mol. The zero-order valence-corrected chi connectivity index (χ0v) is 5.73. The molecule has 1 radical (unpaired) electrons. The molecule has 0 unspecified atom stereocenters. The van der Waals surface area contributed by atoms with Crippen molar-refractivity contribution in [3.05, 3.63) is 30.3 Å². The van der Waals surface area contributed by atoms with Crippen LogP contribution in [0.5, 0.6) is 0 Å². The van der Waals surface area contributed by atoms with E-state index in [4.69, 9.17) is 0 Å². The van der Waals surface area contributed by atoms with E-state index >= 15 is 0 Å². The lowest BCUT2D eigenvalue weighted by Crippen LogP contribution is -1.89. The first-order chi connectivity index (χ1) is 4.61. The van der Waals surface area contributed by atoms with Crippen molar-refractivity contribution in [1.29, 1.82) is 0 Å². The Labute approximate surface area is 58.5 Å². The van der Waals surface area contributed by atoms with Crippen molar-refractivity contribution < 1.29 is 12.3 Å². The largest absolute Gasteiger partial charge is 0.332 e. The van der Waals surface area contributed by atoms with E-state index in [2.05, 4.69) is 6.07 Å². The summed E-state index contributed by atoms with van der Waals surface area (Å²) < 4.78 is 32.4. The molecular weight excluding hydrogens is 155 g/mol. The highest BCUT2D eigenvalue weighted by atomic mass is 32.3. The van der Waals surface area contributed by atoms with Gasteiger partial charge in [-0.25, -0.2) is 0 Å². The fraction of sp³-hybridized carbons (Fsp3) is 0. The number of hydrogen-bond acceptors (Lipinski definition) is 2. The summed E-state index contributed by atoms with van der Waals surface area (Å²) >= 11 is 0. The minimum atomic E-state index is -4.53. The predicted molar refractivity (Wildman–Crippen MR) is 33.6 cm³/mol. The van der Waals surface area contributed by atoms with E-state index < -0.39 is 10.2 Å². The van der Waals surface area contributed by atoms with Crippen LogP contribution < -0.4 is 0 Å². The Bertz CT molecular complexity index is 304. The van der Waals surface area contributed by atoms with E-state index in [-0.39, 0.29) is 4.90 Å². The molecule has 0 bridgehead atoms. The minimum absolute atomic E-state index is 0.352. The zero-order chi connectivity index (χ0) is 7.61. The van der Waals surface area contributed by atoms with Crippen LogP contribution in [0.3, 0.4) is 0 Å². The van der Waals surface area contributed by atoms with Gasteiger partial charge < -0.3 is 0 Å². The van der Waals surface area contributed by atoms with Crippen molar-refractivity contribution in [1.82, 2.24) is 0 Å². The molecule has 0 aliphatic carbocycles. The van der Waals surface area contributed by atoms with Crippen LogP contribution in [-0.4, -0.2) is 8.42 Å². The molecule has 4 heteroatoms. The van der Waals surface area contributed by atoms with Gasteiger partial charge in [0.25, 0.3) is 0 Å². The quantitative estimate of drug-likeness (QED) is 0.576. The Hall–Kier alpha value is -0.900. The lowest BCUT2D eigenvalue weighted by Gasteiger charge is -1.89. The molecule has 0 saturated carbocycles. The predicted octanol–water partition coefficient (Wildman–Crippen LogP) is 1.14. The smallest absolute Gasteiger partial charge is 0.189 e. The summed E-state index contributed by atoms with van der Waals surface area (Å²) in [5.74, 6) is 0. The lowest BCUT2D eigenvalue weighted by molar-refractivity contribution is 0.552. The highest BCUT2D eigenvalue weighted by molar-refractivity contribution is 7.86. The zero-order valence-electron chi connectivity index (χ0n) is 4.91. The molecule has 1 rings (SSSR count). The van der Waals surface area contributed by atoms with Gasteiger partial charge in [-0.3, -0.25) is 0 Å².